The summed E-state index contributed by atoms with van der Waals surface area (Å²) in [5, 5.41) is 2.92. The Labute approximate surface area is 115 Å². The third-order valence-electron chi connectivity index (χ3n) is 3.67. The van der Waals surface area contributed by atoms with Crippen LogP contribution < -0.4 is 5.32 Å². The molecule has 1 atom stereocenters. The lowest BCUT2D eigenvalue weighted by Gasteiger charge is -2.35. The topological polar surface area (TPSA) is 32.3 Å². The Kier molecular flexibility index (Phi) is 5.16. The minimum absolute atomic E-state index is 0.0785. The fourth-order valence-corrected chi connectivity index (χ4v) is 2.61. The molecule has 1 heterocycles. The Morgan fingerprint density at radius 2 is 2.16 bits per heavy atom. The van der Waals surface area contributed by atoms with Crippen molar-refractivity contribution >= 4 is 5.91 Å². The molecule has 0 bridgehead atoms. The summed E-state index contributed by atoms with van der Waals surface area (Å²) in [4.78, 5) is 13.7. The van der Waals surface area contributed by atoms with Gasteiger partial charge in [-0.15, -0.1) is 0 Å². The van der Waals surface area contributed by atoms with Gasteiger partial charge in [-0.25, -0.2) is 0 Å². The maximum atomic E-state index is 11.3. The normalized spacial score (nSPS) is 19.9. The molecule has 1 aromatic rings. The second-order valence-electron chi connectivity index (χ2n) is 5.05. The van der Waals surface area contributed by atoms with Crippen molar-refractivity contribution in [3.05, 3.63) is 48.6 Å². The molecule has 0 aromatic heterocycles. The molecule has 1 saturated heterocycles. The van der Waals surface area contributed by atoms with Gasteiger partial charge in [-0.05, 0) is 31.0 Å². The molecule has 1 N–H and O–H groups in total. The van der Waals surface area contributed by atoms with Gasteiger partial charge < -0.3 is 5.32 Å². The molecular weight excluding hydrogens is 236 g/mol. The average Bonchev–Trinajstić information content (AvgIpc) is 2.47. The summed E-state index contributed by atoms with van der Waals surface area (Å²) < 4.78 is 0. The summed E-state index contributed by atoms with van der Waals surface area (Å²) in [6, 6.07) is 11.0. The summed E-state index contributed by atoms with van der Waals surface area (Å²) in [7, 11) is 0. The number of piperidine rings is 1. The van der Waals surface area contributed by atoms with Crippen molar-refractivity contribution in [1.82, 2.24) is 10.2 Å². The molecule has 3 heteroatoms. The Bertz CT molecular complexity index is 416. The molecule has 1 fully saturated rings. The van der Waals surface area contributed by atoms with Gasteiger partial charge in [-0.3, -0.25) is 9.69 Å². The Balaban J connectivity index is 1.92. The molecule has 102 valence electrons. The van der Waals surface area contributed by atoms with Crippen molar-refractivity contribution in [3.63, 3.8) is 0 Å². The van der Waals surface area contributed by atoms with E-state index in [-0.39, 0.29) is 5.91 Å². The maximum Gasteiger partial charge on any atom is 0.243 e. The van der Waals surface area contributed by atoms with Gasteiger partial charge in [0.1, 0.15) is 0 Å². The van der Waals surface area contributed by atoms with Crippen molar-refractivity contribution < 1.29 is 4.79 Å². The number of hydrogen-bond acceptors (Lipinski definition) is 2. The molecular formula is C16H22N2O. The van der Waals surface area contributed by atoms with Gasteiger partial charge in [-0.2, -0.15) is 0 Å². The Morgan fingerprint density at radius 1 is 1.37 bits per heavy atom. The molecule has 3 nitrogen and oxygen atoms in total. The highest BCUT2D eigenvalue weighted by Crippen LogP contribution is 2.19. The Morgan fingerprint density at radius 3 is 2.89 bits per heavy atom. The standard InChI is InChI=1S/C16H22N2O/c1-2-16(19)17-12-15-10-6-7-11-18(15)13-14-8-4-3-5-9-14/h2-5,8-9,15H,1,6-7,10-13H2,(H,17,19)/t15-/m0/s1. The molecule has 0 unspecified atom stereocenters. The number of amides is 1. The SMILES string of the molecule is C=CC(=O)NC[C@@H]1CCCCN1Cc1ccccc1. The van der Waals surface area contributed by atoms with E-state index >= 15 is 0 Å². The van der Waals surface area contributed by atoms with Gasteiger partial charge in [-0.1, -0.05) is 43.3 Å². The highest BCUT2D eigenvalue weighted by atomic mass is 16.1. The number of likely N-dealkylation sites (tertiary alicyclic amines) is 1. The monoisotopic (exact) mass is 258 g/mol. The summed E-state index contributed by atoms with van der Waals surface area (Å²) in [6.45, 7) is 6.29. The van der Waals surface area contributed by atoms with Gasteiger partial charge in [0.15, 0.2) is 0 Å². The molecule has 0 radical (unpaired) electrons. The van der Waals surface area contributed by atoms with Crippen molar-refractivity contribution in [2.24, 2.45) is 0 Å². The smallest absolute Gasteiger partial charge is 0.243 e. The largest absolute Gasteiger partial charge is 0.351 e. The van der Waals surface area contributed by atoms with Crippen LogP contribution in [-0.4, -0.2) is 29.9 Å². The van der Waals surface area contributed by atoms with Crippen LogP contribution in [0.25, 0.3) is 0 Å². The van der Waals surface area contributed by atoms with E-state index in [1.165, 1.54) is 24.5 Å². The van der Waals surface area contributed by atoms with Crippen LogP contribution in [0, 0.1) is 0 Å². The number of hydrogen-bond donors (Lipinski definition) is 1. The van der Waals surface area contributed by atoms with Gasteiger partial charge in [0.2, 0.25) is 5.91 Å². The van der Waals surface area contributed by atoms with Crippen LogP contribution in [0.3, 0.4) is 0 Å². The predicted molar refractivity (Wildman–Crippen MR) is 77.7 cm³/mol. The molecule has 1 aliphatic heterocycles. The number of carbonyl (C=O) groups is 1. The lowest BCUT2D eigenvalue weighted by atomic mass is 10.0. The third-order valence-corrected chi connectivity index (χ3v) is 3.67. The van der Waals surface area contributed by atoms with Crippen LogP contribution in [0.1, 0.15) is 24.8 Å². The lowest BCUT2D eigenvalue weighted by Crippen LogP contribution is -2.45. The number of benzene rings is 1. The van der Waals surface area contributed by atoms with E-state index < -0.39 is 0 Å². The summed E-state index contributed by atoms with van der Waals surface area (Å²) in [5.41, 5.74) is 1.34. The number of carbonyl (C=O) groups excluding carboxylic acids is 1. The van der Waals surface area contributed by atoms with E-state index in [1.807, 2.05) is 6.07 Å². The van der Waals surface area contributed by atoms with Crippen LogP contribution in [0.15, 0.2) is 43.0 Å². The van der Waals surface area contributed by atoms with Crippen molar-refractivity contribution in [2.45, 2.75) is 31.8 Å². The number of rotatable bonds is 5. The second-order valence-corrected chi connectivity index (χ2v) is 5.05. The van der Waals surface area contributed by atoms with Crippen molar-refractivity contribution in [3.8, 4) is 0 Å². The van der Waals surface area contributed by atoms with Crippen LogP contribution in [-0.2, 0) is 11.3 Å². The predicted octanol–water partition coefficient (Wildman–Crippen LogP) is 2.34. The van der Waals surface area contributed by atoms with E-state index in [0.29, 0.717) is 6.04 Å². The van der Waals surface area contributed by atoms with Crippen LogP contribution in [0.4, 0.5) is 0 Å². The van der Waals surface area contributed by atoms with E-state index in [2.05, 4.69) is 41.1 Å². The quantitative estimate of drug-likeness (QED) is 0.822. The first-order valence-electron chi connectivity index (χ1n) is 6.98. The molecule has 19 heavy (non-hydrogen) atoms. The van der Waals surface area contributed by atoms with Crippen molar-refractivity contribution in [2.75, 3.05) is 13.1 Å². The lowest BCUT2D eigenvalue weighted by molar-refractivity contribution is -0.116. The minimum atomic E-state index is -0.0785. The molecule has 0 aliphatic carbocycles. The zero-order valence-electron chi connectivity index (χ0n) is 11.3. The summed E-state index contributed by atoms with van der Waals surface area (Å²) in [6.07, 6.45) is 4.99. The molecule has 1 aliphatic rings. The first-order valence-corrected chi connectivity index (χ1v) is 6.98. The second kappa shape index (κ2) is 7.10. The van der Waals surface area contributed by atoms with Gasteiger partial charge in [0.05, 0.1) is 0 Å². The first-order chi connectivity index (χ1) is 9.29. The average molecular weight is 258 g/mol. The van der Waals surface area contributed by atoms with Gasteiger partial charge in [0.25, 0.3) is 0 Å². The first kappa shape index (κ1) is 13.8. The minimum Gasteiger partial charge on any atom is -0.351 e. The molecule has 2 rings (SSSR count). The number of nitrogens with zero attached hydrogens (tertiary/aromatic N) is 1. The molecule has 0 spiro atoms. The van der Waals surface area contributed by atoms with E-state index in [0.717, 1.165) is 26.1 Å². The third kappa shape index (κ3) is 4.21. The molecule has 1 amide bonds. The molecule has 1 aromatic carbocycles. The van der Waals surface area contributed by atoms with E-state index in [1.54, 1.807) is 0 Å². The molecule has 0 saturated carbocycles. The van der Waals surface area contributed by atoms with Crippen LogP contribution in [0.5, 0.6) is 0 Å². The van der Waals surface area contributed by atoms with E-state index in [9.17, 15) is 4.79 Å². The van der Waals surface area contributed by atoms with E-state index in [4.69, 9.17) is 0 Å². The fraction of sp³-hybridized carbons (Fsp3) is 0.438. The zero-order chi connectivity index (χ0) is 13.5. The summed E-state index contributed by atoms with van der Waals surface area (Å²) >= 11 is 0. The highest BCUT2D eigenvalue weighted by molar-refractivity contribution is 5.86. The van der Waals surface area contributed by atoms with Gasteiger partial charge >= 0.3 is 0 Å². The van der Waals surface area contributed by atoms with Crippen molar-refractivity contribution in [1.29, 1.82) is 0 Å². The maximum absolute atomic E-state index is 11.3. The van der Waals surface area contributed by atoms with Crippen LogP contribution in [0.2, 0.25) is 0 Å². The van der Waals surface area contributed by atoms with Crippen LogP contribution >= 0.6 is 0 Å². The van der Waals surface area contributed by atoms with Gasteiger partial charge in [0, 0.05) is 19.1 Å². The fourth-order valence-electron chi connectivity index (χ4n) is 2.61. The Hall–Kier alpha value is -1.61. The summed E-state index contributed by atoms with van der Waals surface area (Å²) in [5.74, 6) is -0.0785. The highest BCUT2D eigenvalue weighted by Gasteiger charge is 2.22. The zero-order valence-corrected chi connectivity index (χ0v) is 11.3. The number of nitrogens with one attached hydrogen (secondary N) is 1.